The number of halogens is 2. The molecule has 0 atom stereocenters. The van der Waals surface area contributed by atoms with E-state index in [1.165, 1.54) is 24.3 Å². The molecular weight excluding hydrogens is 268 g/mol. The van der Waals surface area contributed by atoms with Gasteiger partial charge in [-0.15, -0.1) is 0 Å². The van der Waals surface area contributed by atoms with Crippen LogP contribution in [0.5, 0.6) is 5.75 Å². The first-order chi connectivity index (χ1) is 9.06. The van der Waals surface area contributed by atoms with Gasteiger partial charge in [-0.1, -0.05) is 24.4 Å². The van der Waals surface area contributed by atoms with Gasteiger partial charge in [0.05, 0.1) is 0 Å². The average molecular weight is 279 g/mol. The lowest BCUT2D eigenvalue weighted by atomic mass is 10.1. The molecule has 5 heteroatoms. The molecule has 0 aliphatic heterocycles. The fourth-order valence-electron chi connectivity index (χ4n) is 1.57. The Morgan fingerprint density at radius 1 is 1.16 bits per heavy atom. The number of ether oxygens (including phenoxy) is 1. The van der Waals surface area contributed by atoms with E-state index in [4.69, 9.17) is 22.7 Å². The van der Waals surface area contributed by atoms with Gasteiger partial charge in [0.15, 0.2) is 0 Å². The molecule has 0 aromatic heterocycles. The molecule has 2 nitrogen and oxygen atoms in total. The molecular formula is C14H11F2NOS. The highest BCUT2D eigenvalue weighted by atomic mass is 32.1. The highest BCUT2D eigenvalue weighted by Crippen LogP contribution is 2.16. The topological polar surface area (TPSA) is 35.2 Å². The van der Waals surface area contributed by atoms with E-state index in [0.29, 0.717) is 11.3 Å². The van der Waals surface area contributed by atoms with E-state index in [1.807, 2.05) is 0 Å². The summed E-state index contributed by atoms with van der Waals surface area (Å²) in [4.78, 5) is -0.00916. The van der Waals surface area contributed by atoms with Crippen LogP contribution < -0.4 is 10.5 Å². The monoisotopic (exact) mass is 279 g/mol. The van der Waals surface area contributed by atoms with Crippen LogP contribution in [0.4, 0.5) is 8.78 Å². The minimum atomic E-state index is -0.470. The Bertz CT molecular complexity index is 616. The van der Waals surface area contributed by atoms with Crippen molar-refractivity contribution in [1.29, 1.82) is 0 Å². The second kappa shape index (κ2) is 5.75. The smallest absolute Gasteiger partial charge is 0.133 e. The second-order valence-electron chi connectivity index (χ2n) is 3.92. The summed E-state index contributed by atoms with van der Waals surface area (Å²) < 4.78 is 31.7. The molecule has 0 bridgehead atoms. The number of thiocarbonyl (C=S) groups is 1. The van der Waals surface area contributed by atoms with Gasteiger partial charge in [-0.05, 0) is 29.8 Å². The van der Waals surface area contributed by atoms with Crippen LogP contribution >= 0.6 is 12.2 Å². The maximum Gasteiger partial charge on any atom is 0.133 e. The van der Waals surface area contributed by atoms with Gasteiger partial charge in [-0.3, -0.25) is 0 Å². The third kappa shape index (κ3) is 3.48. The molecule has 0 spiro atoms. The zero-order chi connectivity index (χ0) is 13.8. The molecule has 2 N–H and O–H groups in total. The van der Waals surface area contributed by atoms with Crippen molar-refractivity contribution in [3.8, 4) is 5.75 Å². The van der Waals surface area contributed by atoms with Crippen molar-refractivity contribution in [1.82, 2.24) is 0 Å². The molecule has 0 saturated heterocycles. The molecule has 0 radical (unpaired) electrons. The summed E-state index contributed by atoms with van der Waals surface area (Å²) >= 11 is 4.75. The SMILES string of the molecule is NC(=S)c1cc(COc2cccc(F)c2)ccc1F. The first kappa shape index (κ1) is 13.4. The van der Waals surface area contributed by atoms with E-state index in [0.717, 1.165) is 0 Å². The molecule has 0 fully saturated rings. The Morgan fingerprint density at radius 2 is 1.95 bits per heavy atom. The predicted molar refractivity (Wildman–Crippen MR) is 73.0 cm³/mol. The van der Waals surface area contributed by atoms with E-state index < -0.39 is 5.82 Å². The van der Waals surface area contributed by atoms with Crippen LogP contribution in [0.25, 0.3) is 0 Å². The van der Waals surface area contributed by atoms with Crippen LogP contribution in [0.3, 0.4) is 0 Å². The van der Waals surface area contributed by atoms with Gasteiger partial charge < -0.3 is 10.5 Å². The van der Waals surface area contributed by atoms with Crippen molar-refractivity contribution in [3.05, 3.63) is 65.2 Å². The van der Waals surface area contributed by atoms with Gasteiger partial charge in [-0.2, -0.15) is 0 Å². The van der Waals surface area contributed by atoms with E-state index >= 15 is 0 Å². The fourth-order valence-corrected chi connectivity index (χ4v) is 1.73. The minimum absolute atomic E-state index is 0.00916. The third-order valence-electron chi connectivity index (χ3n) is 2.50. The minimum Gasteiger partial charge on any atom is -0.489 e. The molecule has 19 heavy (non-hydrogen) atoms. The number of hydrogen-bond donors (Lipinski definition) is 1. The summed E-state index contributed by atoms with van der Waals surface area (Å²) in [5.74, 6) is -0.441. The molecule has 0 heterocycles. The lowest BCUT2D eigenvalue weighted by molar-refractivity contribution is 0.304. The van der Waals surface area contributed by atoms with E-state index in [9.17, 15) is 8.78 Å². The number of benzene rings is 2. The highest BCUT2D eigenvalue weighted by Gasteiger charge is 2.06. The summed E-state index contributed by atoms with van der Waals surface area (Å²) in [6.07, 6.45) is 0. The predicted octanol–water partition coefficient (Wildman–Crippen LogP) is 3.18. The number of hydrogen-bond acceptors (Lipinski definition) is 2. The van der Waals surface area contributed by atoms with Crippen LogP contribution in [0, 0.1) is 11.6 Å². The van der Waals surface area contributed by atoms with Crippen LogP contribution in [0.2, 0.25) is 0 Å². The van der Waals surface area contributed by atoms with Crippen molar-refractivity contribution in [2.75, 3.05) is 0 Å². The lowest BCUT2D eigenvalue weighted by Gasteiger charge is -2.08. The van der Waals surface area contributed by atoms with Crippen molar-refractivity contribution >= 4 is 17.2 Å². The van der Waals surface area contributed by atoms with Gasteiger partial charge in [0.25, 0.3) is 0 Å². The molecule has 0 aliphatic rings. The van der Waals surface area contributed by atoms with Gasteiger partial charge in [0.1, 0.15) is 29.0 Å². The third-order valence-corrected chi connectivity index (χ3v) is 2.72. The maximum absolute atomic E-state index is 13.4. The Labute approximate surface area is 114 Å². The second-order valence-corrected chi connectivity index (χ2v) is 4.36. The first-order valence-electron chi connectivity index (χ1n) is 5.53. The van der Waals surface area contributed by atoms with Crippen molar-refractivity contribution < 1.29 is 13.5 Å². The fraction of sp³-hybridized carbons (Fsp3) is 0.0714. The number of nitrogens with two attached hydrogens (primary N) is 1. The summed E-state index contributed by atoms with van der Waals surface area (Å²) in [7, 11) is 0. The molecule has 2 aromatic carbocycles. The van der Waals surface area contributed by atoms with Gasteiger partial charge in [0, 0.05) is 11.6 Å². The number of rotatable bonds is 4. The molecule has 0 saturated carbocycles. The van der Waals surface area contributed by atoms with E-state index in [1.54, 1.807) is 18.2 Å². The van der Waals surface area contributed by atoms with Crippen molar-refractivity contribution in [3.63, 3.8) is 0 Å². The molecule has 0 aliphatic carbocycles. The largest absolute Gasteiger partial charge is 0.489 e. The summed E-state index contributed by atoms with van der Waals surface area (Å²) in [6.45, 7) is 0.180. The zero-order valence-electron chi connectivity index (χ0n) is 9.90. The Morgan fingerprint density at radius 3 is 2.63 bits per heavy atom. The Kier molecular flexibility index (Phi) is 4.06. The molecule has 2 rings (SSSR count). The van der Waals surface area contributed by atoms with Crippen LogP contribution in [-0.2, 0) is 6.61 Å². The van der Waals surface area contributed by atoms with E-state index in [-0.39, 0.29) is 23.0 Å². The quantitative estimate of drug-likeness (QED) is 0.873. The van der Waals surface area contributed by atoms with Gasteiger partial charge in [-0.25, -0.2) is 8.78 Å². The first-order valence-corrected chi connectivity index (χ1v) is 5.93. The zero-order valence-corrected chi connectivity index (χ0v) is 10.7. The Balaban J connectivity index is 2.12. The summed E-state index contributed by atoms with van der Waals surface area (Å²) in [6, 6.07) is 10.2. The average Bonchev–Trinajstić information content (AvgIpc) is 2.37. The van der Waals surface area contributed by atoms with Crippen LogP contribution in [-0.4, -0.2) is 4.99 Å². The van der Waals surface area contributed by atoms with Crippen LogP contribution in [0.15, 0.2) is 42.5 Å². The maximum atomic E-state index is 13.4. The standard InChI is InChI=1S/C14H11F2NOS/c15-10-2-1-3-11(7-10)18-8-9-4-5-13(16)12(6-9)14(17)19/h1-7H,8H2,(H2,17,19). The normalized spacial score (nSPS) is 10.2. The van der Waals surface area contributed by atoms with Gasteiger partial charge >= 0.3 is 0 Å². The molecule has 0 amide bonds. The highest BCUT2D eigenvalue weighted by molar-refractivity contribution is 7.80. The van der Waals surface area contributed by atoms with E-state index in [2.05, 4.69) is 0 Å². The molecule has 0 unspecified atom stereocenters. The summed E-state index contributed by atoms with van der Waals surface area (Å²) in [5.41, 5.74) is 6.29. The van der Waals surface area contributed by atoms with Crippen molar-refractivity contribution in [2.45, 2.75) is 6.61 Å². The lowest BCUT2D eigenvalue weighted by Crippen LogP contribution is -2.12. The Hall–Kier alpha value is -2.01. The van der Waals surface area contributed by atoms with Gasteiger partial charge in [0.2, 0.25) is 0 Å². The molecule has 98 valence electrons. The molecule has 2 aromatic rings. The van der Waals surface area contributed by atoms with Crippen molar-refractivity contribution in [2.24, 2.45) is 5.73 Å². The van der Waals surface area contributed by atoms with Crippen LogP contribution in [0.1, 0.15) is 11.1 Å². The summed E-state index contributed by atoms with van der Waals surface area (Å²) in [5, 5.41) is 0.